The van der Waals surface area contributed by atoms with E-state index in [4.69, 9.17) is 20.1 Å². The normalized spacial score (nSPS) is 9.37. The number of ether oxygens (including phenoxy) is 1. The van der Waals surface area contributed by atoms with Crippen LogP contribution in [0.1, 0.15) is 12.7 Å². The highest BCUT2D eigenvalue weighted by atomic mass is 16.9. The number of nitrogens with zero attached hydrogens (tertiary/aromatic N) is 3. The molecule has 0 aliphatic carbocycles. The fourth-order valence-electron chi connectivity index (χ4n) is 1.57. The van der Waals surface area contributed by atoms with Gasteiger partial charge in [0.1, 0.15) is 11.6 Å². The Hall–Kier alpha value is -2.57. The van der Waals surface area contributed by atoms with Gasteiger partial charge in [-0.15, -0.1) is 10.1 Å². The van der Waals surface area contributed by atoms with E-state index in [-0.39, 0.29) is 0 Å². The largest absolute Gasteiger partial charge is 0.497 e. The van der Waals surface area contributed by atoms with E-state index < -0.39 is 5.09 Å². The Morgan fingerprint density at radius 1 is 1.42 bits per heavy atom. The van der Waals surface area contributed by atoms with Crippen molar-refractivity contribution in [2.45, 2.75) is 13.3 Å². The van der Waals surface area contributed by atoms with Crippen molar-refractivity contribution >= 4 is 0 Å². The number of hydrogen-bond donors (Lipinski definition) is 1. The maximum atomic E-state index is 8.36. The number of aryl methyl sites for hydroxylation is 1. The third-order valence-electron chi connectivity index (χ3n) is 2.38. The smallest absolute Gasteiger partial charge is 0.291 e. The summed E-state index contributed by atoms with van der Waals surface area (Å²) in [6.45, 7) is 2.10. The first-order valence-electron chi connectivity index (χ1n) is 5.58. The number of imidazole rings is 1. The first-order valence-corrected chi connectivity index (χ1v) is 5.58. The molecule has 0 aliphatic heterocycles. The van der Waals surface area contributed by atoms with Crippen molar-refractivity contribution in [1.29, 1.82) is 0 Å². The quantitative estimate of drug-likeness (QED) is 0.677. The summed E-state index contributed by atoms with van der Waals surface area (Å²) < 4.78 is 7.20. The molecule has 0 spiro atoms. The van der Waals surface area contributed by atoms with Crippen LogP contribution in [-0.4, -0.2) is 27.0 Å². The fourth-order valence-corrected chi connectivity index (χ4v) is 1.57. The summed E-state index contributed by atoms with van der Waals surface area (Å²) in [6.07, 6.45) is 4.72. The van der Waals surface area contributed by atoms with E-state index in [1.54, 1.807) is 7.11 Å². The summed E-state index contributed by atoms with van der Waals surface area (Å²) in [6, 6.07) is 7.96. The van der Waals surface area contributed by atoms with E-state index in [2.05, 4.69) is 16.5 Å². The molecule has 0 saturated heterocycles. The molecule has 0 unspecified atom stereocenters. The third-order valence-corrected chi connectivity index (χ3v) is 2.38. The summed E-state index contributed by atoms with van der Waals surface area (Å²) >= 11 is 0. The minimum atomic E-state index is -1.50. The van der Waals surface area contributed by atoms with Crippen LogP contribution in [0.3, 0.4) is 0 Å². The van der Waals surface area contributed by atoms with E-state index in [1.165, 1.54) is 0 Å². The molecular weight excluding hydrogens is 250 g/mol. The first-order chi connectivity index (χ1) is 9.08. The summed E-state index contributed by atoms with van der Waals surface area (Å²) in [7, 11) is 1.67. The maximum Gasteiger partial charge on any atom is 0.291 e. The van der Waals surface area contributed by atoms with Gasteiger partial charge in [0.25, 0.3) is 5.09 Å². The zero-order valence-electron chi connectivity index (χ0n) is 10.7. The molecule has 19 heavy (non-hydrogen) atoms. The molecular formula is C12H15N3O4. The van der Waals surface area contributed by atoms with Crippen LogP contribution in [0.4, 0.5) is 0 Å². The highest BCUT2D eigenvalue weighted by Gasteiger charge is 2.02. The maximum absolute atomic E-state index is 8.36. The molecule has 2 rings (SSSR count). The van der Waals surface area contributed by atoms with Crippen molar-refractivity contribution < 1.29 is 15.0 Å². The van der Waals surface area contributed by atoms with Gasteiger partial charge in [0.2, 0.25) is 0 Å². The van der Waals surface area contributed by atoms with Crippen molar-refractivity contribution in [3.8, 4) is 11.4 Å². The molecule has 102 valence electrons. The second-order valence-electron chi connectivity index (χ2n) is 3.50. The molecule has 0 saturated carbocycles. The van der Waals surface area contributed by atoms with Crippen molar-refractivity contribution in [3.63, 3.8) is 0 Å². The molecule has 0 amide bonds. The van der Waals surface area contributed by atoms with E-state index in [0.717, 1.165) is 23.7 Å². The fraction of sp³-hybridized carbons (Fsp3) is 0.250. The van der Waals surface area contributed by atoms with E-state index in [0.29, 0.717) is 0 Å². The zero-order chi connectivity index (χ0) is 14.3. The predicted octanol–water partition coefficient (Wildman–Crippen LogP) is 2.10. The number of benzene rings is 1. The van der Waals surface area contributed by atoms with Gasteiger partial charge in [-0.05, 0) is 24.3 Å². The average molecular weight is 265 g/mol. The minimum absolute atomic E-state index is 0.872. The Morgan fingerprint density at radius 2 is 2.00 bits per heavy atom. The van der Waals surface area contributed by atoms with E-state index in [9.17, 15) is 0 Å². The molecule has 0 radical (unpaired) electrons. The highest BCUT2D eigenvalue weighted by molar-refractivity contribution is 5.38. The van der Waals surface area contributed by atoms with Crippen LogP contribution < -0.4 is 4.74 Å². The number of rotatable bonds is 3. The average Bonchev–Trinajstić information content (AvgIpc) is 2.86. The molecule has 1 aromatic heterocycles. The van der Waals surface area contributed by atoms with Crippen LogP contribution in [0.5, 0.6) is 5.75 Å². The summed E-state index contributed by atoms with van der Waals surface area (Å²) in [4.78, 5) is 12.6. The second kappa shape index (κ2) is 7.00. The van der Waals surface area contributed by atoms with Crippen molar-refractivity contribution in [2.75, 3.05) is 7.11 Å². The minimum Gasteiger partial charge on any atom is -0.497 e. The van der Waals surface area contributed by atoms with Crippen LogP contribution in [0.25, 0.3) is 5.69 Å². The molecule has 0 atom stereocenters. The number of methoxy groups -OCH3 is 1. The van der Waals surface area contributed by atoms with Gasteiger partial charge in [-0.2, -0.15) is 0 Å². The van der Waals surface area contributed by atoms with Gasteiger partial charge in [-0.3, -0.25) is 0 Å². The molecule has 7 nitrogen and oxygen atoms in total. The van der Waals surface area contributed by atoms with Crippen molar-refractivity contribution in [3.05, 3.63) is 52.6 Å². The molecule has 0 bridgehead atoms. The van der Waals surface area contributed by atoms with Gasteiger partial charge >= 0.3 is 0 Å². The first kappa shape index (κ1) is 14.5. The lowest BCUT2D eigenvalue weighted by Gasteiger charge is -2.07. The van der Waals surface area contributed by atoms with Crippen LogP contribution >= 0.6 is 0 Å². The van der Waals surface area contributed by atoms with Crippen molar-refractivity contribution in [1.82, 2.24) is 9.55 Å². The van der Waals surface area contributed by atoms with Gasteiger partial charge < -0.3 is 14.5 Å². The Labute approximate surface area is 110 Å². The van der Waals surface area contributed by atoms with Crippen LogP contribution in [-0.2, 0) is 6.42 Å². The molecule has 1 N–H and O–H groups in total. The monoisotopic (exact) mass is 265 g/mol. The summed E-state index contributed by atoms with van der Waals surface area (Å²) in [5.41, 5.74) is 1.12. The van der Waals surface area contributed by atoms with Crippen LogP contribution in [0.2, 0.25) is 0 Å². The van der Waals surface area contributed by atoms with Gasteiger partial charge in [0.15, 0.2) is 0 Å². The molecule has 7 heteroatoms. The van der Waals surface area contributed by atoms with Gasteiger partial charge in [0.05, 0.1) is 7.11 Å². The Morgan fingerprint density at radius 3 is 2.47 bits per heavy atom. The van der Waals surface area contributed by atoms with E-state index >= 15 is 0 Å². The molecule has 1 aromatic carbocycles. The molecule has 0 aliphatic rings. The second-order valence-corrected chi connectivity index (χ2v) is 3.50. The lowest BCUT2D eigenvalue weighted by molar-refractivity contribution is -0.742. The lowest BCUT2D eigenvalue weighted by atomic mass is 10.3. The highest BCUT2D eigenvalue weighted by Crippen LogP contribution is 2.16. The number of aromatic nitrogens is 2. The number of hydrogen-bond acceptors (Lipinski definition) is 4. The topological polar surface area (TPSA) is 90.4 Å². The zero-order valence-corrected chi connectivity index (χ0v) is 10.7. The third kappa shape index (κ3) is 4.30. The van der Waals surface area contributed by atoms with Crippen molar-refractivity contribution in [2.24, 2.45) is 0 Å². The van der Waals surface area contributed by atoms with Gasteiger partial charge in [0, 0.05) is 24.5 Å². The molecule has 1 heterocycles. The molecule has 0 fully saturated rings. The SMILES string of the molecule is CCc1nccn1-c1ccc(OC)cc1.O=[N+]([O-])O. The summed E-state index contributed by atoms with van der Waals surface area (Å²) in [5.74, 6) is 1.94. The van der Waals surface area contributed by atoms with E-state index in [1.807, 2.05) is 36.7 Å². The van der Waals surface area contributed by atoms with Crippen LogP contribution in [0.15, 0.2) is 36.7 Å². The standard InChI is InChI=1S/C12H14N2O.HNO3/c1-3-12-13-8-9-14(12)10-4-6-11(15-2)7-5-10;2-1(3)4/h4-9H,3H2,1-2H3;(H,2,3,4). The summed E-state index contributed by atoms with van der Waals surface area (Å²) in [5, 5.41) is 13.6. The predicted molar refractivity (Wildman–Crippen MR) is 68.3 cm³/mol. The Kier molecular flexibility index (Phi) is 5.34. The Bertz CT molecular complexity index is 518. The van der Waals surface area contributed by atoms with Crippen LogP contribution in [0, 0.1) is 10.1 Å². The molecule has 2 aromatic rings. The Balaban J connectivity index is 0.000000399. The van der Waals surface area contributed by atoms with Gasteiger partial charge in [-0.25, -0.2) is 4.98 Å². The lowest BCUT2D eigenvalue weighted by Crippen LogP contribution is -1.98. The van der Waals surface area contributed by atoms with Gasteiger partial charge in [-0.1, -0.05) is 6.92 Å².